The Hall–Kier alpha value is -3.21. The Bertz CT molecular complexity index is 1540. The molecule has 0 aliphatic heterocycles. The first-order chi connectivity index (χ1) is 17.0. The summed E-state index contributed by atoms with van der Waals surface area (Å²) >= 11 is 6.42. The summed E-state index contributed by atoms with van der Waals surface area (Å²) in [6.45, 7) is 1.76. The minimum atomic E-state index is -4.60. The zero-order chi connectivity index (χ0) is 26.1. The van der Waals surface area contributed by atoms with Crippen LogP contribution in [0, 0.1) is 6.92 Å². The molecule has 0 unspecified atom stereocenters. The topological polar surface area (TPSA) is 95.2 Å². The number of hydrogen-bond acceptors (Lipinski definition) is 6. The second-order valence-electron chi connectivity index (χ2n) is 8.00. The number of fused-ring (bicyclic) bond motifs is 1. The molecule has 4 aromatic rings. The van der Waals surface area contributed by atoms with Gasteiger partial charge >= 0.3 is 6.18 Å². The highest BCUT2D eigenvalue weighted by molar-refractivity contribution is 7.91. The maximum absolute atomic E-state index is 13.6. The van der Waals surface area contributed by atoms with Gasteiger partial charge in [0.25, 0.3) is 0 Å². The molecule has 0 bridgehead atoms. The van der Waals surface area contributed by atoms with Crippen LogP contribution in [0.15, 0.2) is 65.6 Å². The van der Waals surface area contributed by atoms with Crippen LogP contribution >= 0.6 is 11.6 Å². The van der Waals surface area contributed by atoms with E-state index in [0.717, 1.165) is 6.07 Å². The summed E-state index contributed by atoms with van der Waals surface area (Å²) in [5, 5.41) is 0.430. The lowest BCUT2D eigenvalue weighted by atomic mass is 10.0. The Morgan fingerprint density at radius 3 is 2.44 bits per heavy atom. The summed E-state index contributed by atoms with van der Waals surface area (Å²) in [4.78, 5) is 8.50. The van der Waals surface area contributed by atoms with Crippen LogP contribution in [0.2, 0.25) is 5.02 Å². The first-order valence-electron chi connectivity index (χ1n) is 10.8. The van der Waals surface area contributed by atoms with Gasteiger partial charge in [0.05, 0.1) is 32.4 Å². The maximum Gasteiger partial charge on any atom is 0.418 e. The van der Waals surface area contributed by atoms with E-state index in [1.807, 2.05) is 0 Å². The monoisotopic (exact) mass is 535 g/mol. The Morgan fingerprint density at radius 2 is 1.72 bits per heavy atom. The van der Waals surface area contributed by atoms with Crippen LogP contribution in [0.1, 0.15) is 17.8 Å². The van der Waals surface area contributed by atoms with E-state index in [9.17, 15) is 21.6 Å². The van der Waals surface area contributed by atoms with Crippen molar-refractivity contribution < 1.29 is 26.3 Å². The molecule has 0 saturated carbocycles. The number of benzene rings is 3. The van der Waals surface area contributed by atoms with Gasteiger partial charge in [0.2, 0.25) is 0 Å². The number of nitrogens with two attached hydrogens (primary N) is 1. The number of halogens is 4. The third kappa shape index (κ3) is 5.45. The van der Waals surface area contributed by atoms with Gasteiger partial charge in [-0.3, -0.25) is 0 Å². The van der Waals surface area contributed by atoms with Gasteiger partial charge in [0.1, 0.15) is 17.3 Å². The molecule has 0 aliphatic carbocycles. The van der Waals surface area contributed by atoms with E-state index in [0.29, 0.717) is 17.7 Å². The molecule has 188 valence electrons. The summed E-state index contributed by atoms with van der Waals surface area (Å²) in [5.74, 6) is 0.618. The van der Waals surface area contributed by atoms with Gasteiger partial charge in [-0.05, 0) is 62.4 Å². The summed E-state index contributed by atoms with van der Waals surface area (Å²) in [5.41, 5.74) is 4.89. The number of para-hydroxylation sites is 1. The van der Waals surface area contributed by atoms with E-state index in [4.69, 9.17) is 22.1 Å². The van der Waals surface area contributed by atoms with Crippen molar-refractivity contribution in [2.45, 2.75) is 24.4 Å². The third-order valence-electron chi connectivity index (χ3n) is 5.35. The zero-order valence-electron chi connectivity index (χ0n) is 19.0. The molecule has 6 nitrogen and oxygen atoms in total. The highest BCUT2D eigenvalue weighted by Crippen LogP contribution is 2.39. The predicted octanol–water partition coefficient (Wildman–Crippen LogP) is 6.19. The SMILES string of the molecule is Cc1nc(-c2cc(Oc3cccc(S(=O)(=O)CCCN)c3)ccc2Cl)c2cccc(C(F)(F)F)c2n1. The fourth-order valence-corrected chi connectivity index (χ4v) is 5.28. The van der Waals surface area contributed by atoms with E-state index >= 15 is 0 Å². The van der Waals surface area contributed by atoms with Gasteiger partial charge in [0, 0.05) is 10.9 Å². The Kier molecular flexibility index (Phi) is 7.21. The summed E-state index contributed by atoms with van der Waals surface area (Å²) in [7, 11) is -3.53. The van der Waals surface area contributed by atoms with Gasteiger partial charge in [0.15, 0.2) is 9.84 Å². The van der Waals surface area contributed by atoms with E-state index in [2.05, 4.69) is 9.97 Å². The van der Waals surface area contributed by atoms with Crippen molar-refractivity contribution >= 4 is 32.3 Å². The van der Waals surface area contributed by atoms with Crippen molar-refractivity contribution in [3.05, 3.63) is 77.1 Å². The Balaban J connectivity index is 1.76. The van der Waals surface area contributed by atoms with Gasteiger partial charge in [-0.1, -0.05) is 29.8 Å². The number of hydrogen-bond donors (Lipinski definition) is 1. The number of rotatable bonds is 7. The number of ether oxygens (including phenoxy) is 1. The number of nitrogens with zero attached hydrogens (tertiary/aromatic N) is 2. The van der Waals surface area contributed by atoms with Crippen molar-refractivity contribution in [3.63, 3.8) is 0 Å². The van der Waals surface area contributed by atoms with Crippen LogP contribution in [0.25, 0.3) is 22.2 Å². The van der Waals surface area contributed by atoms with Crippen LogP contribution in [-0.4, -0.2) is 30.7 Å². The van der Waals surface area contributed by atoms with E-state index < -0.39 is 21.6 Å². The van der Waals surface area contributed by atoms with Gasteiger partial charge in [-0.15, -0.1) is 0 Å². The molecule has 36 heavy (non-hydrogen) atoms. The van der Waals surface area contributed by atoms with E-state index in [1.165, 1.54) is 37.3 Å². The molecular weight excluding hydrogens is 515 g/mol. The van der Waals surface area contributed by atoms with Crippen LogP contribution in [-0.2, 0) is 16.0 Å². The molecular formula is C25H21ClF3N3O3S. The average Bonchev–Trinajstić information content (AvgIpc) is 2.82. The third-order valence-corrected chi connectivity index (χ3v) is 7.48. The lowest BCUT2D eigenvalue weighted by Crippen LogP contribution is -2.11. The van der Waals surface area contributed by atoms with Crippen LogP contribution in [0.4, 0.5) is 13.2 Å². The predicted molar refractivity (Wildman–Crippen MR) is 132 cm³/mol. The molecule has 1 heterocycles. The standard InChI is InChI=1S/C25H21ClF3N3O3S/c1-15-31-23(19-7-3-8-21(24(19)32-15)25(27,28)29)20-14-17(9-10-22(20)26)35-16-5-2-6-18(13-16)36(33,34)12-4-11-30/h2-3,5-10,13-14H,4,11-12,30H2,1H3. The molecule has 0 amide bonds. The van der Waals surface area contributed by atoms with Crippen molar-refractivity contribution in [2.24, 2.45) is 5.73 Å². The fourth-order valence-electron chi connectivity index (χ4n) is 3.71. The molecule has 0 saturated heterocycles. The molecule has 0 atom stereocenters. The average molecular weight is 536 g/mol. The number of sulfone groups is 1. The molecule has 11 heteroatoms. The van der Waals surface area contributed by atoms with Crippen molar-refractivity contribution in [1.29, 1.82) is 0 Å². The smallest absolute Gasteiger partial charge is 0.418 e. The van der Waals surface area contributed by atoms with Gasteiger partial charge in [-0.2, -0.15) is 13.2 Å². The molecule has 0 aliphatic rings. The van der Waals surface area contributed by atoms with E-state index in [-0.39, 0.29) is 50.4 Å². The lowest BCUT2D eigenvalue weighted by Gasteiger charge is -2.14. The van der Waals surface area contributed by atoms with Crippen LogP contribution in [0.3, 0.4) is 0 Å². The molecule has 2 N–H and O–H groups in total. The van der Waals surface area contributed by atoms with Crippen LogP contribution < -0.4 is 10.5 Å². The van der Waals surface area contributed by atoms with Gasteiger partial charge < -0.3 is 10.5 Å². The fraction of sp³-hybridized carbons (Fsp3) is 0.200. The normalized spacial score (nSPS) is 12.2. The van der Waals surface area contributed by atoms with E-state index in [1.54, 1.807) is 24.3 Å². The largest absolute Gasteiger partial charge is 0.457 e. The highest BCUT2D eigenvalue weighted by atomic mass is 35.5. The number of aromatic nitrogens is 2. The Morgan fingerprint density at radius 1 is 1.00 bits per heavy atom. The van der Waals surface area contributed by atoms with Crippen molar-refractivity contribution in [3.8, 4) is 22.8 Å². The molecule has 3 aromatic carbocycles. The van der Waals surface area contributed by atoms with Crippen molar-refractivity contribution in [1.82, 2.24) is 9.97 Å². The molecule has 0 spiro atoms. The summed E-state index contributed by atoms with van der Waals surface area (Å²) in [6, 6.07) is 14.4. The molecule has 1 aromatic heterocycles. The number of aryl methyl sites for hydroxylation is 1. The first kappa shape index (κ1) is 25.9. The summed E-state index contributed by atoms with van der Waals surface area (Å²) < 4.78 is 71.7. The number of alkyl halides is 3. The second kappa shape index (κ2) is 10.0. The zero-order valence-corrected chi connectivity index (χ0v) is 20.6. The molecule has 4 rings (SSSR count). The molecule has 0 fully saturated rings. The minimum Gasteiger partial charge on any atom is -0.457 e. The minimum absolute atomic E-state index is 0.0852. The van der Waals surface area contributed by atoms with Gasteiger partial charge in [-0.25, -0.2) is 18.4 Å². The summed E-state index contributed by atoms with van der Waals surface area (Å²) in [6.07, 6.45) is -4.27. The molecule has 0 radical (unpaired) electrons. The lowest BCUT2D eigenvalue weighted by molar-refractivity contribution is -0.136. The van der Waals surface area contributed by atoms with Crippen LogP contribution in [0.5, 0.6) is 11.5 Å². The highest BCUT2D eigenvalue weighted by Gasteiger charge is 2.34. The Labute approximate surface area is 210 Å². The second-order valence-corrected chi connectivity index (χ2v) is 10.5. The quantitative estimate of drug-likeness (QED) is 0.303. The van der Waals surface area contributed by atoms with Crippen molar-refractivity contribution in [2.75, 3.05) is 12.3 Å². The first-order valence-corrected chi connectivity index (χ1v) is 12.9. The maximum atomic E-state index is 13.6.